The van der Waals surface area contributed by atoms with E-state index in [1.165, 1.54) is 22.8 Å². The van der Waals surface area contributed by atoms with Gasteiger partial charge in [-0.1, -0.05) is 24.6 Å². The van der Waals surface area contributed by atoms with E-state index in [0.717, 1.165) is 0 Å². The molecule has 1 N–H and O–H groups in total. The summed E-state index contributed by atoms with van der Waals surface area (Å²) in [7, 11) is 1.57. The van der Waals surface area contributed by atoms with Gasteiger partial charge < -0.3 is 15.0 Å². The van der Waals surface area contributed by atoms with Crippen molar-refractivity contribution in [1.29, 1.82) is 0 Å². The standard InChI is InChI=1S/C27H26ClFN4O3/c1-4-14-32(27(35)30-20-7-5-6-19(29)16-20)17(2)25-31-24-15-18(28)8-13-23(24)26(34)33(25)21-9-11-22(36-3)12-10-21/h5-13,15-17H,4,14H2,1-3H3,(H,30,35). The fourth-order valence-electron chi connectivity index (χ4n) is 4.05. The van der Waals surface area contributed by atoms with E-state index in [1.807, 2.05) is 6.92 Å². The lowest BCUT2D eigenvalue weighted by Gasteiger charge is -2.30. The minimum Gasteiger partial charge on any atom is -0.497 e. The van der Waals surface area contributed by atoms with Crippen molar-refractivity contribution in [2.45, 2.75) is 26.3 Å². The molecule has 0 aliphatic heterocycles. The number of aromatic nitrogens is 2. The zero-order chi connectivity index (χ0) is 25.8. The van der Waals surface area contributed by atoms with Gasteiger partial charge in [0.05, 0.1) is 29.7 Å². The van der Waals surface area contributed by atoms with Gasteiger partial charge in [0, 0.05) is 17.3 Å². The molecule has 0 saturated heterocycles. The lowest BCUT2D eigenvalue weighted by molar-refractivity contribution is 0.189. The summed E-state index contributed by atoms with van der Waals surface area (Å²) in [6, 6.07) is 16.6. The summed E-state index contributed by atoms with van der Waals surface area (Å²) in [4.78, 5) is 33.3. The van der Waals surface area contributed by atoms with Crippen LogP contribution in [0, 0.1) is 5.82 Å². The summed E-state index contributed by atoms with van der Waals surface area (Å²) in [5.74, 6) is 0.552. The van der Waals surface area contributed by atoms with E-state index in [9.17, 15) is 14.0 Å². The molecule has 0 fully saturated rings. The number of urea groups is 1. The van der Waals surface area contributed by atoms with Crippen LogP contribution in [0.3, 0.4) is 0 Å². The van der Waals surface area contributed by atoms with Gasteiger partial charge in [-0.05, 0) is 74.0 Å². The lowest BCUT2D eigenvalue weighted by atomic mass is 10.1. The van der Waals surface area contributed by atoms with Crippen molar-refractivity contribution in [1.82, 2.24) is 14.5 Å². The van der Waals surface area contributed by atoms with Gasteiger partial charge in [-0.25, -0.2) is 14.2 Å². The molecule has 0 saturated carbocycles. The van der Waals surface area contributed by atoms with Crippen LogP contribution in [0.15, 0.2) is 71.5 Å². The Hall–Kier alpha value is -3.91. The molecule has 1 unspecified atom stereocenters. The van der Waals surface area contributed by atoms with Crippen molar-refractivity contribution >= 4 is 34.2 Å². The molecule has 1 heterocycles. The summed E-state index contributed by atoms with van der Waals surface area (Å²) in [5, 5.41) is 3.60. The predicted molar refractivity (Wildman–Crippen MR) is 140 cm³/mol. The molecule has 2 amide bonds. The Balaban J connectivity index is 1.84. The Labute approximate surface area is 213 Å². The third-order valence-electron chi connectivity index (χ3n) is 5.83. The molecule has 1 atom stereocenters. The van der Waals surface area contributed by atoms with E-state index < -0.39 is 17.9 Å². The molecule has 0 aliphatic carbocycles. The minimum absolute atomic E-state index is 0.286. The second-order valence-corrected chi connectivity index (χ2v) is 8.72. The molecule has 9 heteroatoms. The number of methoxy groups -OCH3 is 1. The molecule has 36 heavy (non-hydrogen) atoms. The maximum Gasteiger partial charge on any atom is 0.322 e. The quantitative estimate of drug-likeness (QED) is 0.323. The fraction of sp³-hybridized carbons (Fsp3) is 0.222. The van der Waals surface area contributed by atoms with E-state index in [-0.39, 0.29) is 5.56 Å². The van der Waals surface area contributed by atoms with Gasteiger partial charge in [0.1, 0.15) is 17.4 Å². The largest absolute Gasteiger partial charge is 0.497 e. The van der Waals surface area contributed by atoms with Gasteiger partial charge in [0.15, 0.2) is 0 Å². The first-order valence-corrected chi connectivity index (χ1v) is 11.9. The number of hydrogen-bond acceptors (Lipinski definition) is 4. The van der Waals surface area contributed by atoms with Crippen molar-refractivity contribution in [3.63, 3.8) is 0 Å². The van der Waals surface area contributed by atoms with Gasteiger partial charge in [-0.2, -0.15) is 0 Å². The maximum absolute atomic E-state index is 13.7. The molecule has 0 spiro atoms. The molecule has 186 valence electrons. The van der Waals surface area contributed by atoms with E-state index in [2.05, 4.69) is 5.32 Å². The Morgan fingerprint density at radius 2 is 1.92 bits per heavy atom. The second-order valence-electron chi connectivity index (χ2n) is 8.28. The Bertz CT molecular complexity index is 1460. The van der Waals surface area contributed by atoms with Crippen LogP contribution in [-0.2, 0) is 0 Å². The zero-order valence-electron chi connectivity index (χ0n) is 20.2. The van der Waals surface area contributed by atoms with Gasteiger partial charge in [0.25, 0.3) is 5.56 Å². The van der Waals surface area contributed by atoms with Gasteiger partial charge in [-0.3, -0.25) is 9.36 Å². The summed E-state index contributed by atoms with van der Waals surface area (Å²) in [5.41, 5.74) is 1.06. The average molecular weight is 509 g/mol. The number of nitrogens with one attached hydrogen (secondary N) is 1. The molecule has 7 nitrogen and oxygen atoms in total. The minimum atomic E-state index is -0.614. The van der Waals surface area contributed by atoms with Crippen molar-refractivity contribution < 1.29 is 13.9 Å². The average Bonchev–Trinajstić information content (AvgIpc) is 2.86. The van der Waals surface area contributed by atoms with Crippen LogP contribution in [0.5, 0.6) is 5.75 Å². The molecule has 0 bridgehead atoms. The molecule has 3 aromatic carbocycles. The number of ether oxygens (including phenoxy) is 1. The van der Waals surface area contributed by atoms with Gasteiger partial charge in [-0.15, -0.1) is 0 Å². The highest BCUT2D eigenvalue weighted by atomic mass is 35.5. The number of rotatable bonds is 7. The highest BCUT2D eigenvalue weighted by Gasteiger charge is 2.27. The van der Waals surface area contributed by atoms with Crippen molar-refractivity contribution in [3.05, 3.63) is 93.7 Å². The van der Waals surface area contributed by atoms with Crippen LogP contribution in [-0.4, -0.2) is 34.1 Å². The zero-order valence-corrected chi connectivity index (χ0v) is 20.9. The molecule has 0 aliphatic rings. The summed E-state index contributed by atoms with van der Waals surface area (Å²) < 4.78 is 20.4. The Morgan fingerprint density at radius 3 is 2.58 bits per heavy atom. The SMILES string of the molecule is CCCN(C(=O)Nc1cccc(F)c1)C(C)c1nc2cc(Cl)ccc2c(=O)n1-c1ccc(OC)cc1. The molecule has 1 aromatic heterocycles. The van der Waals surface area contributed by atoms with Crippen LogP contribution in [0.4, 0.5) is 14.9 Å². The van der Waals surface area contributed by atoms with E-state index in [4.69, 9.17) is 21.3 Å². The number of amides is 2. The first-order chi connectivity index (χ1) is 17.3. The number of benzene rings is 3. The first-order valence-electron chi connectivity index (χ1n) is 11.5. The monoisotopic (exact) mass is 508 g/mol. The third kappa shape index (κ3) is 5.18. The van der Waals surface area contributed by atoms with Crippen LogP contribution < -0.4 is 15.6 Å². The van der Waals surface area contributed by atoms with Crippen LogP contribution in [0.1, 0.15) is 32.1 Å². The van der Waals surface area contributed by atoms with E-state index in [0.29, 0.717) is 51.8 Å². The number of carbonyl (C=O) groups is 1. The smallest absolute Gasteiger partial charge is 0.322 e. The summed E-state index contributed by atoms with van der Waals surface area (Å²) >= 11 is 6.19. The third-order valence-corrected chi connectivity index (χ3v) is 6.07. The van der Waals surface area contributed by atoms with Crippen molar-refractivity contribution in [2.24, 2.45) is 0 Å². The fourth-order valence-corrected chi connectivity index (χ4v) is 4.22. The number of nitrogens with zero attached hydrogens (tertiary/aromatic N) is 3. The van der Waals surface area contributed by atoms with Crippen LogP contribution in [0.2, 0.25) is 5.02 Å². The molecule has 4 rings (SSSR count). The highest BCUT2D eigenvalue weighted by Crippen LogP contribution is 2.26. The number of hydrogen-bond donors (Lipinski definition) is 1. The summed E-state index contributed by atoms with van der Waals surface area (Å²) in [6.45, 7) is 4.13. The Kier molecular flexibility index (Phi) is 7.55. The number of halogens is 2. The van der Waals surface area contributed by atoms with Gasteiger partial charge in [0.2, 0.25) is 0 Å². The lowest BCUT2D eigenvalue weighted by Crippen LogP contribution is -2.40. The van der Waals surface area contributed by atoms with Crippen LogP contribution in [0.25, 0.3) is 16.6 Å². The molecular weight excluding hydrogens is 483 g/mol. The number of carbonyl (C=O) groups excluding carboxylic acids is 1. The topological polar surface area (TPSA) is 76.5 Å². The maximum atomic E-state index is 13.7. The number of anilines is 1. The number of fused-ring (bicyclic) bond motifs is 1. The van der Waals surface area contributed by atoms with E-state index >= 15 is 0 Å². The van der Waals surface area contributed by atoms with Crippen LogP contribution >= 0.6 is 11.6 Å². The Morgan fingerprint density at radius 1 is 1.17 bits per heavy atom. The van der Waals surface area contributed by atoms with E-state index in [1.54, 1.807) is 67.5 Å². The predicted octanol–water partition coefficient (Wildman–Crippen LogP) is 6.19. The first kappa shape index (κ1) is 25.2. The molecular formula is C27H26ClFN4O3. The molecule has 4 aromatic rings. The second kappa shape index (κ2) is 10.8. The van der Waals surface area contributed by atoms with Crippen molar-refractivity contribution in [2.75, 3.05) is 19.0 Å². The van der Waals surface area contributed by atoms with Gasteiger partial charge >= 0.3 is 6.03 Å². The normalized spacial score (nSPS) is 11.8. The highest BCUT2D eigenvalue weighted by molar-refractivity contribution is 6.31. The summed E-state index contributed by atoms with van der Waals surface area (Å²) in [6.07, 6.45) is 0.660. The molecule has 0 radical (unpaired) electrons. The van der Waals surface area contributed by atoms with Crippen molar-refractivity contribution in [3.8, 4) is 11.4 Å².